The zero-order valence-corrected chi connectivity index (χ0v) is 17.9. The van der Waals surface area contributed by atoms with Crippen LogP contribution < -0.4 is 4.72 Å². The van der Waals surface area contributed by atoms with Crippen molar-refractivity contribution in [2.45, 2.75) is 52.1 Å². The monoisotopic (exact) mass is 423 g/mol. The standard InChI is InChI=1S/C19H25N3O6S/c1-7-8-22-11(2)9-16(14(22)5)17(23)10-27-19(24)13(4)21-29(25,26)18-12(3)20-28-15(18)6/h7,9,13,21H,1,8,10H2,2-6H3/t13-/m0/s1. The predicted octanol–water partition coefficient (Wildman–Crippen LogP) is 1.99. The van der Waals surface area contributed by atoms with E-state index in [0.29, 0.717) is 12.1 Å². The number of nitrogens with one attached hydrogen (secondary N) is 1. The first kappa shape index (κ1) is 22.6. The fraction of sp³-hybridized carbons (Fsp3) is 0.421. The minimum absolute atomic E-state index is 0.112. The number of Topliss-reactive ketones (excluding diaryl/α,β-unsaturated/α-hetero) is 1. The van der Waals surface area contributed by atoms with Crippen LogP contribution in [0.5, 0.6) is 0 Å². The number of carbonyl (C=O) groups excluding carboxylic acids is 2. The highest BCUT2D eigenvalue weighted by molar-refractivity contribution is 7.89. The Morgan fingerprint density at radius 1 is 1.34 bits per heavy atom. The van der Waals surface area contributed by atoms with Crippen LogP contribution in [-0.4, -0.2) is 42.5 Å². The number of rotatable bonds is 9. The molecule has 0 spiro atoms. The van der Waals surface area contributed by atoms with Gasteiger partial charge in [-0.3, -0.25) is 9.59 Å². The van der Waals surface area contributed by atoms with E-state index in [1.165, 1.54) is 20.8 Å². The molecule has 0 radical (unpaired) electrons. The molecule has 2 aromatic rings. The van der Waals surface area contributed by atoms with Gasteiger partial charge in [0.1, 0.15) is 16.6 Å². The van der Waals surface area contributed by atoms with E-state index in [2.05, 4.69) is 16.5 Å². The largest absolute Gasteiger partial charge is 0.456 e. The zero-order valence-electron chi connectivity index (χ0n) is 17.1. The number of ether oxygens (including phenoxy) is 1. The smallest absolute Gasteiger partial charge is 0.324 e. The number of aromatic nitrogens is 2. The molecule has 0 bridgehead atoms. The van der Waals surface area contributed by atoms with Crippen LogP contribution in [0, 0.1) is 27.7 Å². The third-order valence-electron chi connectivity index (χ3n) is 4.45. The van der Waals surface area contributed by atoms with Gasteiger partial charge in [-0.15, -0.1) is 6.58 Å². The van der Waals surface area contributed by atoms with E-state index < -0.39 is 28.6 Å². The molecule has 29 heavy (non-hydrogen) atoms. The number of aryl methyl sites for hydroxylation is 3. The number of ketones is 1. The van der Waals surface area contributed by atoms with Crippen molar-refractivity contribution < 1.29 is 27.3 Å². The summed E-state index contributed by atoms with van der Waals surface area (Å²) in [6.07, 6.45) is 1.72. The molecule has 0 aliphatic carbocycles. The van der Waals surface area contributed by atoms with Crippen molar-refractivity contribution in [3.63, 3.8) is 0 Å². The molecule has 0 fully saturated rings. The second kappa shape index (κ2) is 8.75. The Morgan fingerprint density at radius 2 is 2.00 bits per heavy atom. The van der Waals surface area contributed by atoms with Crippen molar-refractivity contribution in [2.24, 2.45) is 0 Å². The van der Waals surface area contributed by atoms with Gasteiger partial charge in [0.2, 0.25) is 15.8 Å². The van der Waals surface area contributed by atoms with E-state index in [1.54, 1.807) is 19.1 Å². The topological polar surface area (TPSA) is 120 Å². The average Bonchev–Trinajstić information content (AvgIpc) is 3.12. The first-order chi connectivity index (χ1) is 13.5. The Morgan fingerprint density at radius 3 is 2.55 bits per heavy atom. The quantitative estimate of drug-likeness (QED) is 0.372. The lowest BCUT2D eigenvalue weighted by molar-refractivity contribution is -0.144. The SMILES string of the molecule is C=CCn1c(C)cc(C(=O)COC(=O)[C@H](C)NS(=O)(=O)c2c(C)noc2C)c1C. The first-order valence-electron chi connectivity index (χ1n) is 8.92. The Hall–Kier alpha value is -2.72. The molecule has 0 aliphatic rings. The lowest BCUT2D eigenvalue weighted by atomic mass is 10.1. The minimum atomic E-state index is -4.03. The van der Waals surface area contributed by atoms with Crippen LogP contribution in [0.25, 0.3) is 0 Å². The van der Waals surface area contributed by atoms with Crippen LogP contribution in [0.3, 0.4) is 0 Å². The van der Waals surface area contributed by atoms with Crippen LogP contribution in [0.15, 0.2) is 28.1 Å². The van der Waals surface area contributed by atoms with Gasteiger partial charge < -0.3 is 13.8 Å². The van der Waals surface area contributed by atoms with Crippen molar-refractivity contribution in [3.8, 4) is 0 Å². The molecule has 0 saturated carbocycles. The number of hydrogen-bond acceptors (Lipinski definition) is 7. The number of carbonyl (C=O) groups is 2. The maximum Gasteiger partial charge on any atom is 0.324 e. The third-order valence-corrected chi connectivity index (χ3v) is 6.24. The molecule has 10 heteroatoms. The molecular weight excluding hydrogens is 398 g/mol. The molecule has 1 N–H and O–H groups in total. The maximum atomic E-state index is 12.5. The highest BCUT2D eigenvalue weighted by atomic mass is 32.2. The van der Waals surface area contributed by atoms with Gasteiger partial charge in [-0.2, -0.15) is 4.72 Å². The Labute approximate surface area is 169 Å². The fourth-order valence-electron chi connectivity index (χ4n) is 3.03. The van der Waals surface area contributed by atoms with Crippen LogP contribution in [0.4, 0.5) is 0 Å². The fourth-order valence-corrected chi connectivity index (χ4v) is 4.55. The number of sulfonamides is 1. The average molecular weight is 423 g/mol. The third kappa shape index (κ3) is 4.83. The second-order valence-electron chi connectivity index (χ2n) is 6.71. The molecule has 158 valence electrons. The van der Waals surface area contributed by atoms with E-state index in [-0.39, 0.29) is 22.1 Å². The number of hydrogen-bond donors (Lipinski definition) is 1. The van der Waals surface area contributed by atoms with Gasteiger partial charge in [-0.25, -0.2) is 8.42 Å². The lowest BCUT2D eigenvalue weighted by Crippen LogP contribution is -2.40. The van der Waals surface area contributed by atoms with Gasteiger partial charge in [-0.1, -0.05) is 11.2 Å². The van der Waals surface area contributed by atoms with Crippen molar-refractivity contribution in [1.29, 1.82) is 0 Å². The van der Waals surface area contributed by atoms with Gasteiger partial charge in [0, 0.05) is 23.5 Å². The highest BCUT2D eigenvalue weighted by Gasteiger charge is 2.29. The van der Waals surface area contributed by atoms with E-state index in [0.717, 1.165) is 11.4 Å². The van der Waals surface area contributed by atoms with E-state index in [9.17, 15) is 18.0 Å². The molecule has 9 nitrogen and oxygen atoms in total. The van der Waals surface area contributed by atoms with Crippen molar-refractivity contribution >= 4 is 21.8 Å². The zero-order chi connectivity index (χ0) is 21.9. The summed E-state index contributed by atoms with van der Waals surface area (Å²) in [4.78, 5) is 24.5. The van der Waals surface area contributed by atoms with E-state index in [1.807, 2.05) is 11.5 Å². The summed E-state index contributed by atoms with van der Waals surface area (Å²) in [7, 11) is -4.03. The van der Waals surface area contributed by atoms with E-state index >= 15 is 0 Å². The van der Waals surface area contributed by atoms with Gasteiger partial charge in [0.25, 0.3) is 0 Å². The van der Waals surface area contributed by atoms with Gasteiger partial charge >= 0.3 is 5.97 Å². The van der Waals surface area contributed by atoms with Crippen LogP contribution in [0.2, 0.25) is 0 Å². The summed E-state index contributed by atoms with van der Waals surface area (Å²) in [6.45, 7) is 11.7. The van der Waals surface area contributed by atoms with Crippen molar-refractivity contribution in [1.82, 2.24) is 14.4 Å². The lowest BCUT2D eigenvalue weighted by Gasteiger charge is -2.13. The number of nitrogens with zero attached hydrogens (tertiary/aromatic N) is 2. The van der Waals surface area contributed by atoms with Crippen LogP contribution >= 0.6 is 0 Å². The molecule has 2 heterocycles. The molecular formula is C19H25N3O6S. The predicted molar refractivity (Wildman–Crippen MR) is 105 cm³/mol. The summed E-state index contributed by atoms with van der Waals surface area (Å²) in [5.41, 5.74) is 2.26. The second-order valence-corrected chi connectivity index (χ2v) is 8.36. The molecule has 0 amide bonds. The van der Waals surface area contributed by atoms with Gasteiger partial charge in [-0.05, 0) is 40.7 Å². The summed E-state index contributed by atoms with van der Waals surface area (Å²) in [5, 5.41) is 3.59. The molecule has 0 aliphatic heterocycles. The molecule has 0 saturated heterocycles. The molecule has 2 rings (SSSR count). The normalized spacial score (nSPS) is 12.6. The summed E-state index contributed by atoms with van der Waals surface area (Å²) in [6, 6.07) is 0.521. The Kier molecular flexibility index (Phi) is 6.81. The van der Waals surface area contributed by atoms with Gasteiger partial charge in [0.05, 0.1) is 0 Å². The van der Waals surface area contributed by atoms with E-state index in [4.69, 9.17) is 9.26 Å². The number of allylic oxidation sites excluding steroid dienone is 1. The molecule has 0 aromatic carbocycles. The summed E-state index contributed by atoms with van der Waals surface area (Å²) >= 11 is 0. The van der Waals surface area contributed by atoms with Gasteiger partial charge in [0.15, 0.2) is 12.4 Å². The minimum Gasteiger partial charge on any atom is -0.456 e. The molecule has 0 unspecified atom stereocenters. The Balaban J connectivity index is 2.03. The van der Waals surface area contributed by atoms with Crippen molar-refractivity contribution in [3.05, 3.63) is 47.1 Å². The molecule has 2 aromatic heterocycles. The van der Waals surface area contributed by atoms with Crippen LogP contribution in [-0.2, 0) is 26.1 Å². The molecule has 1 atom stereocenters. The first-order valence-corrected chi connectivity index (χ1v) is 10.4. The van der Waals surface area contributed by atoms with Crippen LogP contribution in [0.1, 0.15) is 40.1 Å². The van der Waals surface area contributed by atoms with Crippen molar-refractivity contribution in [2.75, 3.05) is 6.61 Å². The number of esters is 1. The summed E-state index contributed by atoms with van der Waals surface area (Å²) < 4.78 is 38.9. The highest BCUT2D eigenvalue weighted by Crippen LogP contribution is 2.19. The Bertz CT molecular complexity index is 1030. The summed E-state index contributed by atoms with van der Waals surface area (Å²) in [5.74, 6) is -1.13. The maximum absolute atomic E-state index is 12.5.